The topological polar surface area (TPSA) is 129 Å². The van der Waals surface area contributed by atoms with Crippen molar-refractivity contribution in [3.05, 3.63) is 0 Å². The highest BCUT2D eigenvalue weighted by Crippen LogP contribution is 2.38. The van der Waals surface area contributed by atoms with E-state index in [2.05, 4.69) is 0 Å². The summed E-state index contributed by atoms with van der Waals surface area (Å²) in [5, 5.41) is 0. The Morgan fingerprint density at radius 3 is 1.64 bits per heavy atom. The second-order valence-electron chi connectivity index (χ2n) is 11.5. The van der Waals surface area contributed by atoms with Crippen LogP contribution in [0.4, 0.5) is 18.4 Å². The number of nitrogens with zero attached hydrogens (tertiary/aromatic N) is 2. The highest BCUT2D eigenvalue weighted by Gasteiger charge is 2.55. The average molecular weight is 565 g/mol. The van der Waals surface area contributed by atoms with Crippen molar-refractivity contribution in [2.75, 3.05) is 39.4 Å². The van der Waals surface area contributed by atoms with Gasteiger partial charge in [-0.3, -0.25) is 9.59 Å². The molecule has 2 saturated heterocycles. The van der Waals surface area contributed by atoms with Gasteiger partial charge in [0, 0.05) is 26.2 Å². The summed E-state index contributed by atoms with van der Waals surface area (Å²) in [4.78, 5) is 61.1. The second-order valence-corrected chi connectivity index (χ2v) is 11.5. The van der Waals surface area contributed by atoms with Crippen LogP contribution in [-0.4, -0.2) is 97.2 Å². The van der Waals surface area contributed by atoms with Crippen LogP contribution in [0.1, 0.15) is 68.2 Å². The van der Waals surface area contributed by atoms with Crippen molar-refractivity contribution in [3.8, 4) is 0 Å². The lowest BCUT2D eigenvalue weighted by Gasteiger charge is -2.27. The molecule has 2 atom stereocenters. The van der Waals surface area contributed by atoms with Crippen molar-refractivity contribution in [1.29, 1.82) is 0 Å². The third-order valence-corrected chi connectivity index (χ3v) is 5.91. The van der Waals surface area contributed by atoms with Crippen molar-refractivity contribution in [1.82, 2.24) is 9.80 Å². The van der Waals surface area contributed by atoms with Gasteiger partial charge in [-0.15, -0.1) is 0 Å². The van der Waals surface area contributed by atoms with Gasteiger partial charge in [0.15, 0.2) is 0 Å². The second kappa shape index (κ2) is 13.4. The number of hydrogen-bond acceptors (Lipinski definition) is 9. The molecule has 39 heavy (non-hydrogen) atoms. The van der Waals surface area contributed by atoms with Crippen LogP contribution in [0.5, 0.6) is 0 Å². The fourth-order valence-electron chi connectivity index (χ4n) is 3.93. The third-order valence-electron chi connectivity index (χ3n) is 5.91. The van der Waals surface area contributed by atoms with Crippen LogP contribution in [0.25, 0.3) is 0 Å². The van der Waals surface area contributed by atoms with Gasteiger partial charge >= 0.3 is 24.1 Å². The lowest BCUT2D eigenvalue weighted by Crippen LogP contribution is -2.44. The lowest BCUT2D eigenvalue weighted by molar-refractivity contribution is -0.164. The molecule has 224 valence electrons. The number of alkyl halides is 2. The Labute approximate surface area is 228 Å². The van der Waals surface area contributed by atoms with E-state index in [1.807, 2.05) is 0 Å². The molecule has 2 rings (SSSR count). The van der Waals surface area contributed by atoms with Gasteiger partial charge in [0.2, 0.25) is 0 Å². The SMILES string of the molecule is CCOC(=O)C1(C(F)F)CCN(C(=O)OC(C)(C)C)C1.CCOC(=O)C1(C=O)CCN(C(=O)OC(C)(C)C)C1. The van der Waals surface area contributed by atoms with Gasteiger partial charge < -0.3 is 33.5 Å². The van der Waals surface area contributed by atoms with Crippen LogP contribution >= 0.6 is 0 Å². The van der Waals surface area contributed by atoms with Crippen LogP contribution in [0, 0.1) is 10.8 Å². The molecule has 2 heterocycles. The van der Waals surface area contributed by atoms with E-state index in [0.717, 1.165) is 4.90 Å². The fourth-order valence-corrected chi connectivity index (χ4v) is 3.93. The summed E-state index contributed by atoms with van der Waals surface area (Å²) in [7, 11) is 0. The van der Waals surface area contributed by atoms with E-state index in [1.54, 1.807) is 55.4 Å². The van der Waals surface area contributed by atoms with Gasteiger partial charge in [0.25, 0.3) is 6.43 Å². The van der Waals surface area contributed by atoms with E-state index in [4.69, 9.17) is 18.9 Å². The number of carbonyl (C=O) groups excluding carboxylic acids is 5. The zero-order chi connectivity index (χ0) is 30.2. The Morgan fingerprint density at radius 1 is 0.795 bits per heavy atom. The number of carbonyl (C=O) groups is 5. The molecule has 0 aromatic rings. The molecule has 0 spiro atoms. The Morgan fingerprint density at radius 2 is 1.23 bits per heavy atom. The molecule has 0 saturated carbocycles. The number of amides is 2. The summed E-state index contributed by atoms with van der Waals surface area (Å²) in [5.74, 6) is -1.53. The number of ether oxygens (including phenoxy) is 4. The largest absolute Gasteiger partial charge is 0.465 e. The minimum Gasteiger partial charge on any atom is -0.465 e. The van der Waals surface area contributed by atoms with Crippen molar-refractivity contribution >= 4 is 30.4 Å². The van der Waals surface area contributed by atoms with Crippen LogP contribution in [0.15, 0.2) is 0 Å². The van der Waals surface area contributed by atoms with Gasteiger partial charge in [0.1, 0.15) is 28.3 Å². The normalized spacial score (nSPS) is 23.1. The van der Waals surface area contributed by atoms with Crippen molar-refractivity contribution in [2.45, 2.75) is 85.9 Å². The summed E-state index contributed by atoms with van der Waals surface area (Å²) in [6.07, 6.45) is -3.36. The summed E-state index contributed by atoms with van der Waals surface area (Å²) < 4.78 is 46.5. The summed E-state index contributed by atoms with van der Waals surface area (Å²) >= 11 is 0. The van der Waals surface area contributed by atoms with Crippen LogP contribution in [-0.2, 0) is 33.3 Å². The van der Waals surface area contributed by atoms with Gasteiger partial charge in [-0.1, -0.05) is 0 Å². The van der Waals surface area contributed by atoms with Gasteiger partial charge in [-0.05, 0) is 68.2 Å². The maximum atomic E-state index is 13.3. The Balaban J connectivity index is 0.000000391. The number of hydrogen-bond donors (Lipinski definition) is 0. The van der Waals surface area contributed by atoms with Gasteiger partial charge in [0.05, 0.1) is 13.2 Å². The first-order chi connectivity index (χ1) is 17.9. The first kappa shape index (κ1) is 34.0. The third kappa shape index (κ3) is 9.31. The Bertz CT molecular complexity index is 901. The zero-order valence-electron chi connectivity index (χ0n) is 24.1. The van der Waals surface area contributed by atoms with Crippen molar-refractivity contribution < 1.29 is 51.7 Å². The number of esters is 2. The van der Waals surface area contributed by atoms with E-state index in [9.17, 15) is 32.8 Å². The molecule has 0 N–H and O–H groups in total. The van der Waals surface area contributed by atoms with Gasteiger partial charge in [-0.2, -0.15) is 0 Å². The van der Waals surface area contributed by atoms with E-state index in [-0.39, 0.29) is 45.7 Å². The molecule has 2 aliphatic rings. The monoisotopic (exact) mass is 564 g/mol. The lowest BCUT2D eigenvalue weighted by atomic mass is 9.88. The maximum absolute atomic E-state index is 13.3. The molecule has 2 unspecified atom stereocenters. The molecule has 2 amide bonds. The predicted molar refractivity (Wildman–Crippen MR) is 135 cm³/mol. The molecular formula is C26H42F2N2O9. The number of halogens is 2. The molecule has 0 aromatic heterocycles. The molecule has 0 radical (unpaired) electrons. The van der Waals surface area contributed by atoms with Crippen molar-refractivity contribution in [3.63, 3.8) is 0 Å². The first-order valence-electron chi connectivity index (χ1n) is 12.9. The predicted octanol–water partition coefficient (Wildman–Crippen LogP) is 3.82. The Kier molecular flexibility index (Phi) is 11.7. The smallest absolute Gasteiger partial charge is 0.410 e. The van der Waals surface area contributed by atoms with Gasteiger partial charge in [-0.25, -0.2) is 18.4 Å². The number of rotatable bonds is 6. The maximum Gasteiger partial charge on any atom is 0.410 e. The quantitative estimate of drug-likeness (QED) is 0.205. The molecule has 2 aliphatic heterocycles. The summed E-state index contributed by atoms with van der Waals surface area (Å²) in [5.41, 5.74) is -4.50. The first-order valence-corrected chi connectivity index (χ1v) is 12.9. The molecule has 0 aliphatic carbocycles. The number of aldehydes is 1. The molecule has 0 bridgehead atoms. The highest BCUT2D eigenvalue weighted by atomic mass is 19.3. The molecule has 11 nitrogen and oxygen atoms in total. The highest BCUT2D eigenvalue weighted by molar-refractivity contribution is 5.94. The number of likely N-dealkylation sites (tertiary alicyclic amines) is 2. The van der Waals surface area contributed by atoms with E-state index in [0.29, 0.717) is 12.8 Å². The molecule has 13 heteroatoms. The standard InChI is InChI=1S/C13H21F2NO4.C13H21NO5/c1-5-19-10(17)13(9(14)15)6-7-16(8-13)11(18)20-12(2,3)4;1-5-18-10(16)13(9-15)6-7-14(8-13)11(17)19-12(2,3)4/h9H,5-8H2,1-4H3;9H,5-8H2,1-4H3. The fraction of sp³-hybridized carbons (Fsp3) is 0.808. The van der Waals surface area contributed by atoms with Crippen LogP contribution in [0.3, 0.4) is 0 Å². The van der Waals surface area contributed by atoms with E-state index in [1.165, 1.54) is 4.90 Å². The minimum atomic E-state index is -2.88. The van der Waals surface area contributed by atoms with E-state index < -0.39 is 52.6 Å². The van der Waals surface area contributed by atoms with Crippen molar-refractivity contribution in [2.24, 2.45) is 10.8 Å². The average Bonchev–Trinajstić information content (AvgIpc) is 3.45. The minimum absolute atomic E-state index is 0.0181. The summed E-state index contributed by atoms with van der Waals surface area (Å²) in [6, 6.07) is 0. The Hall–Kier alpha value is -2.99. The molecule has 0 aromatic carbocycles. The molecule has 2 fully saturated rings. The summed E-state index contributed by atoms with van der Waals surface area (Å²) in [6.45, 7) is 13.8. The van der Waals surface area contributed by atoms with E-state index >= 15 is 0 Å². The van der Waals surface area contributed by atoms with Crippen LogP contribution < -0.4 is 0 Å². The molecular weight excluding hydrogens is 522 g/mol. The van der Waals surface area contributed by atoms with Crippen LogP contribution in [0.2, 0.25) is 0 Å². The zero-order valence-corrected chi connectivity index (χ0v) is 24.1.